The van der Waals surface area contributed by atoms with Gasteiger partial charge in [0.25, 0.3) is 0 Å². The molecule has 0 aliphatic heterocycles. The van der Waals surface area contributed by atoms with E-state index in [0.717, 1.165) is 22.6 Å². The molecular weight excluding hydrogens is 531 g/mol. The molecule has 8 nitrogen and oxygen atoms in total. The Balaban J connectivity index is 1.24. The van der Waals surface area contributed by atoms with Gasteiger partial charge in [-0.25, -0.2) is 19.2 Å². The molecule has 1 fully saturated rings. The van der Waals surface area contributed by atoms with Crippen molar-refractivity contribution in [2.24, 2.45) is 11.8 Å². The highest BCUT2D eigenvalue weighted by molar-refractivity contribution is 5.78. The zero-order valence-electron chi connectivity index (χ0n) is 25.1. The first kappa shape index (κ1) is 29.3. The van der Waals surface area contributed by atoms with Crippen molar-refractivity contribution in [3.8, 4) is 23.1 Å². The van der Waals surface area contributed by atoms with Crippen LogP contribution in [0.15, 0.2) is 42.6 Å². The second-order valence-corrected chi connectivity index (χ2v) is 12.6. The molecule has 1 aliphatic rings. The van der Waals surface area contributed by atoms with Crippen LogP contribution in [-0.4, -0.2) is 49.1 Å². The number of carbonyl (C=O) groups excluding carboxylic acids is 1. The number of fused-ring (bicyclic) bond motifs is 1. The lowest BCUT2D eigenvalue weighted by Crippen LogP contribution is -2.38. The van der Waals surface area contributed by atoms with Crippen molar-refractivity contribution in [2.45, 2.75) is 72.7 Å². The van der Waals surface area contributed by atoms with Gasteiger partial charge in [0.1, 0.15) is 22.8 Å². The number of H-pyrrole nitrogens is 2. The van der Waals surface area contributed by atoms with Crippen LogP contribution < -0.4 is 5.32 Å². The number of nitrogens with zero attached hydrogens (tertiary/aromatic N) is 3. The van der Waals surface area contributed by atoms with Crippen LogP contribution in [0.2, 0.25) is 0 Å². The van der Waals surface area contributed by atoms with Gasteiger partial charge in [-0.15, -0.1) is 0 Å². The summed E-state index contributed by atoms with van der Waals surface area (Å²) in [7, 11) is 0. The number of aromatic amines is 2. The molecule has 42 heavy (non-hydrogen) atoms. The highest BCUT2D eigenvalue weighted by Crippen LogP contribution is 2.29. The summed E-state index contributed by atoms with van der Waals surface area (Å²) < 4.78 is 20.3. The topological polar surface area (TPSA) is 98.9 Å². The van der Waals surface area contributed by atoms with Gasteiger partial charge in [-0.1, -0.05) is 44.7 Å². The Bertz CT molecular complexity index is 1620. The minimum absolute atomic E-state index is 0.286. The van der Waals surface area contributed by atoms with Crippen molar-refractivity contribution in [1.82, 2.24) is 30.2 Å². The van der Waals surface area contributed by atoms with Gasteiger partial charge in [-0.3, -0.25) is 0 Å². The van der Waals surface area contributed by atoms with Crippen LogP contribution in [0.1, 0.15) is 70.7 Å². The van der Waals surface area contributed by atoms with Crippen LogP contribution in [0.4, 0.5) is 9.18 Å². The number of hydrogen-bond donors (Lipinski definition) is 3. The Kier molecular flexibility index (Phi) is 8.37. The average Bonchev–Trinajstić information content (AvgIpc) is 3.25. The maximum atomic E-state index is 14.8. The predicted octanol–water partition coefficient (Wildman–Crippen LogP) is 6.38. The van der Waals surface area contributed by atoms with Gasteiger partial charge in [0.15, 0.2) is 5.82 Å². The second kappa shape index (κ2) is 12.0. The van der Waals surface area contributed by atoms with Gasteiger partial charge >= 0.3 is 6.09 Å². The fourth-order valence-corrected chi connectivity index (χ4v) is 4.74. The van der Waals surface area contributed by atoms with E-state index in [0.29, 0.717) is 54.0 Å². The molecule has 9 heteroatoms. The molecule has 5 rings (SSSR count). The molecule has 2 aromatic heterocycles. The van der Waals surface area contributed by atoms with Crippen LogP contribution in [0.5, 0.6) is 0 Å². The van der Waals surface area contributed by atoms with Gasteiger partial charge in [-0.05, 0) is 68.9 Å². The molecule has 2 atom stereocenters. The normalized spacial score (nSPS) is 16.4. The van der Waals surface area contributed by atoms with E-state index in [-0.39, 0.29) is 17.8 Å². The molecular formula is C33H39FN6O2. The molecule has 0 spiro atoms. The summed E-state index contributed by atoms with van der Waals surface area (Å²) in [5.41, 5.74) is 3.58. The van der Waals surface area contributed by atoms with Gasteiger partial charge < -0.3 is 24.9 Å². The quantitative estimate of drug-likeness (QED) is 0.214. The second-order valence-electron chi connectivity index (χ2n) is 12.6. The lowest BCUT2D eigenvalue weighted by Gasteiger charge is -2.28. The van der Waals surface area contributed by atoms with Crippen LogP contribution >= 0.6 is 0 Å². The summed E-state index contributed by atoms with van der Waals surface area (Å²) in [6.07, 6.45) is 2.57. The van der Waals surface area contributed by atoms with Crippen LogP contribution in [0, 0.1) is 29.5 Å². The highest BCUT2D eigenvalue weighted by Gasteiger charge is 2.32. The molecule has 1 amide bonds. The Morgan fingerprint density at radius 2 is 1.86 bits per heavy atom. The average molecular weight is 571 g/mol. The maximum Gasteiger partial charge on any atom is 0.410 e. The van der Waals surface area contributed by atoms with Crippen molar-refractivity contribution in [3.05, 3.63) is 71.2 Å². The summed E-state index contributed by atoms with van der Waals surface area (Å²) in [6, 6.07) is 11.5. The number of halogens is 1. The van der Waals surface area contributed by atoms with Crippen LogP contribution in [0.25, 0.3) is 22.3 Å². The van der Waals surface area contributed by atoms with Gasteiger partial charge in [0.05, 0.1) is 30.5 Å². The Morgan fingerprint density at radius 1 is 1.14 bits per heavy atom. The van der Waals surface area contributed by atoms with Crippen molar-refractivity contribution in [3.63, 3.8) is 0 Å². The zero-order valence-corrected chi connectivity index (χ0v) is 25.1. The summed E-state index contributed by atoms with van der Waals surface area (Å²) >= 11 is 0. The summed E-state index contributed by atoms with van der Waals surface area (Å²) in [6.45, 7) is 13.4. The van der Waals surface area contributed by atoms with E-state index >= 15 is 0 Å². The Labute approximate surface area is 246 Å². The molecule has 2 heterocycles. The zero-order chi connectivity index (χ0) is 30.0. The molecule has 1 aliphatic carbocycles. The molecule has 0 bridgehead atoms. The first-order valence-electron chi connectivity index (χ1n) is 14.5. The number of nitrogens with one attached hydrogen (secondary N) is 3. The van der Waals surface area contributed by atoms with E-state index in [1.807, 2.05) is 51.1 Å². The first-order valence-corrected chi connectivity index (χ1v) is 14.5. The van der Waals surface area contributed by atoms with E-state index < -0.39 is 5.60 Å². The summed E-state index contributed by atoms with van der Waals surface area (Å²) in [5, 5.41) is 3.44. The van der Waals surface area contributed by atoms with Crippen molar-refractivity contribution in [1.29, 1.82) is 0 Å². The van der Waals surface area contributed by atoms with E-state index in [1.165, 1.54) is 12.5 Å². The predicted molar refractivity (Wildman–Crippen MR) is 162 cm³/mol. The third-order valence-electron chi connectivity index (χ3n) is 6.98. The fourth-order valence-electron chi connectivity index (χ4n) is 4.74. The first-order chi connectivity index (χ1) is 19.9. The van der Waals surface area contributed by atoms with E-state index in [2.05, 4.69) is 57.9 Å². The third kappa shape index (κ3) is 7.56. The smallest absolute Gasteiger partial charge is 0.410 e. The summed E-state index contributed by atoms with van der Waals surface area (Å²) in [5.74, 6) is 8.19. The van der Waals surface area contributed by atoms with Crippen LogP contribution in [-0.2, 0) is 17.8 Å². The van der Waals surface area contributed by atoms with Crippen LogP contribution in [0.3, 0.4) is 0 Å². The van der Waals surface area contributed by atoms with Gasteiger partial charge in [0, 0.05) is 23.7 Å². The minimum atomic E-state index is -0.569. The molecule has 1 saturated carbocycles. The molecule has 4 aromatic rings. The SMILES string of the molecule is CC(C)CN(Cc1ncc(-c2ccc(C#Cc3cc(F)c4nc(CNC5CC5C)[nH]c4c3)cc2)[nH]1)C(=O)OC(C)(C)C. The molecule has 2 unspecified atom stereocenters. The third-order valence-corrected chi connectivity index (χ3v) is 6.98. The van der Waals surface area contributed by atoms with E-state index in [9.17, 15) is 9.18 Å². The number of rotatable bonds is 8. The van der Waals surface area contributed by atoms with Crippen molar-refractivity contribution >= 4 is 17.1 Å². The fraction of sp³-hybridized carbons (Fsp3) is 0.424. The lowest BCUT2D eigenvalue weighted by atomic mass is 10.1. The molecule has 0 saturated heterocycles. The Morgan fingerprint density at radius 3 is 2.52 bits per heavy atom. The summed E-state index contributed by atoms with van der Waals surface area (Å²) in [4.78, 5) is 29.9. The number of ether oxygens (including phenoxy) is 1. The van der Waals surface area contributed by atoms with Gasteiger partial charge in [0.2, 0.25) is 0 Å². The Hall–Kier alpha value is -4.16. The number of benzene rings is 2. The van der Waals surface area contributed by atoms with E-state index in [4.69, 9.17) is 4.74 Å². The van der Waals surface area contributed by atoms with Gasteiger partial charge in [-0.2, -0.15) is 0 Å². The standard InChI is InChI=1S/C33H39FN6O2/c1-20(2)18-40(32(41)42-33(4,5)6)19-30-36-16-28(38-30)24-11-9-22(10-12-24)7-8-23-14-25(34)31-27(15-23)37-29(39-31)17-35-26-13-21(26)3/h9-12,14-16,20-21,26,35H,13,17-19H2,1-6H3,(H,36,38)(H,37,39). The minimum Gasteiger partial charge on any atom is -0.444 e. The number of aromatic nitrogens is 4. The van der Waals surface area contributed by atoms with Crippen molar-refractivity contribution in [2.75, 3.05) is 6.54 Å². The number of hydrogen-bond acceptors (Lipinski definition) is 5. The number of amides is 1. The largest absolute Gasteiger partial charge is 0.444 e. The molecule has 2 aromatic carbocycles. The maximum absolute atomic E-state index is 14.8. The number of imidazole rings is 2. The number of carbonyl (C=O) groups is 1. The molecule has 3 N–H and O–H groups in total. The lowest BCUT2D eigenvalue weighted by molar-refractivity contribution is 0.0206. The van der Waals surface area contributed by atoms with E-state index in [1.54, 1.807) is 11.1 Å². The molecule has 0 radical (unpaired) electrons. The van der Waals surface area contributed by atoms with Crippen molar-refractivity contribution < 1.29 is 13.9 Å². The molecule has 220 valence electrons. The highest BCUT2D eigenvalue weighted by atomic mass is 19.1. The monoisotopic (exact) mass is 570 g/mol.